The summed E-state index contributed by atoms with van der Waals surface area (Å²) >= 11 is 0. The minimum absolute atomic E-state index is 0.503. The fourth-order valence-electron chi connectivity index (χ4n) is 1.47. The van der Waals surface area contributed by atoms with E-state index in [9.17, 15) is 9.59 Å². The van der Waals surface area contributed by atoms with E-state index in [1.807, 2.05) is 6.92 Å². The molecule has 0 aromatic heterocycles. The van der Waals surface area contributed by atoms with Crippen molar-refractivity contribution in [3.05, 3.63) is 0 Å². The van der Waals surface area contributed by atoms with Crippen LogP contribution in [0, 0.1) is 0 Å². The third-order valence-corrected chi connectivity index (χ3v) is 2.59. The molecular weight excluding hydrogens is 216 g/mol. The van der Waals surface area contributed by atoms with E-state index in [1.165, 1.54) is 19.3 Å². The van der Waals surface area contributed by atoms with Gasteiger partial charge in [0.05, 0.1) is 0 Å². The number of amides is 2. The van der Waals surface area contributed by atoms with Crippen LogP contribution in [-0.2, 0) is 9.59 Å². The molecule has 0 heterocycles. The molecule has 0 saturated carbocycles. The summed E-state index contributed by atoms with van der Waals surface area (Å²) in [6.45, 7) is 5.40. The zero-order chi connectivity index (χ0) is 12.9. The van der Waals surface area contributed by atoms with Crippen LogP contribution in [0.4, 0.5) is 0 Å². The fraction of sp³-hybridized carbons (Fsp3) is 0.846. The lowest BCUT2D eigenvalue weighted by atomic mass is 10.1. The van der Waals surface area contributed by atoms with Gasteiger partial charge in [-0.2, -0.15) is 0 Å². The van der Waals surface area contributed by atoms with Gasteiger partial charge in [-0.25, -0.2) is 0 Å². The Kier molecular flexibility index (Phi) is 10.7. The highest BCUT2D eigenvalue weighted by molar-refractivity contribution is 6.35. The summed E-state index contributed by atoms with van der Waals surface area (Å²) in [4.78, 5) is 22.6. The number of nitrogens with one attached hydrogen (secondary N) is 2. The molecule has 0 rings (SSSR count). The molecule has 4 nitrogen and oxygen atoms in total. The molecular formula is C13H26N2O2. The Hall–Kier alpha value is -1.06. The summed E-state index contributed by atoms with van der Waals surface area (Å²) in [6, 6.07) is 0. The van der Waals surface area contributed by atoms with Gasteiger partial charge in [0, 0.05) is 13.1 Å². The van der Waals surface area contributed by atoms with Crippen LogP contribution in [0.1, 0.15) is 58.8 Å². The Balaban J connectivity index is 3.41. The Morgan fingerprint density at radius 2 is 1.18 bits per heavy atom. The molecule has 0 fully saturated rings. The fourth-order valence-corrected chi connectivity index (χ4v) is 1.47. The molecule has 2 amide bonds. The van der Waals surface area contributed by atoms with Gasteiger partial charge in [-0.1, -0.05) is 46.0 Å². The summed E-state index contributed by atoms with van der Waals surface area (Å²) in [5, 5.41) is 5.23. The van der Waals surface area contributed by atoms with Crippen molar-refractivity contribution in [3.8, 4) is 0 Å². The number of unbranched alkanes of at least 4 members (excludes halogenated alkanes) is 5. The molecule has 17 heavy (non-hydrogen) atoms. The summed E-state index contributed by atoms with van der Waals surface area (Å²) in [6.07, 6.45) is 7.65. The van der Waals surface area contributed by atoms with Crippen molar-refractivity contribution in [1.29, 1.82) is 0 Å². The van der Waals surface area contributed by atoms with Gasteiger partial charge in [-0.05, 0) is 12.8 Å². The molecule has 0 aromatic rings. The molecule has 0 radical (unpaired) electrons. The second-order valence-corrected chi connectivity index (χ2v) is 4.28. The van der Waals surface area contributed by atoms with Crippen LogP contribution in [0.5, 0.6) is 0 Å². The van der Waals surface area contributed by atoms with Gasteiger partial charge in [0.2, 0.25) is 0 Å². The second-order valence-electron chi connectivity index (χ2n) is 4.28. The normalized spacial score (nSPS) is 10.0. The Labute approximate surface area is 105 Å². The van der Waals surface area contributed by atoms with Gasteiger partial charge >= 0.3 is 11.8 Å². The first-order valence-corrected chi connectivity index (χ1v) is 6.78. The second kappa shape index (κ2) is 11.4. The van der Waals surface area contributed by atoms with Crippen molar-refractivity contribution in [2.24, 2.45) is 0 Å². The number of carbonyl (C=O) groups excluding carboxylic acids is 2. The Morgan fingerprint density at radius 1 is 0.706 bits per heavy atom. The van der Waals surface area contributed by atoms with Crippen molar-refractivity contribution in [2.45, 2.75) is 58.8 Å². The first-order chi connectivity index (χ1) is 8.22. The van der Waals surface area contributed by atoms with Crippen molar-refractivity contribution in [3.63, 3.8) is 0 Å². The highest BCUT2D eigenvalue weighted by atomic mass is 16.2. The van der Waals surface area contributed by atoms with Crippen molar-refractivity contribution >= 4 is 11.8 Å². The van der Waals surface area contributed by atoms with Crippen LogP contribution in [0.15, 0.2) is 0 Å². The molecule has 100 valence electrons. The molecule has 0 aliphatic rings. The van der Waals surface area contributed by atoms with Gasteiger partial charge < -0.3 is 10.6 Å². The van der Waals surface area contributed by atoms with E-state index in [1.54, 1.807) is 0 Å². The van der Waals surface area contributed by atoms with E-state index in [0.29, 0.717) is 13.1 Å². The average molecular weight is 242 g/mol. The minimum Gasteiger partial charge on any atom is -0.348 e. The highest BCUT2D eigenvalue weighted by Crippen LogP contribution is 2.00. The van der Waals surface area contributed by atoms with E-state index in [2.05, 4.69) is 17.6 Å². The minimum atomic E-state index is -0.507. The molecule has 4 heteroatoms. The molecule has 0 bridgehead atoms. The number of carbonyl (C=O) groups is 2. The van der Waals surface area contributed by atoms with Gasteiger partial charge in [0.25, 0.3) is 0 Å². The molecule has 0 spiro atoms. The van der Waals surface area contributed by atoms with Crippen LogP contribution < -0.4 is 10.6 Å². The van der Waals surface area contributed by atoms with Crippen LogP contribution in [-0.4, -0.2) is 24.9 Å². The first kappa shape index (κ1) is 15.9. The van der Waals surface area contributed by atoms with Crippen molar-refractivity contribution in [1.82, 2.24) is 10.6 Å². The van der Waals surface area contributed by atoms with Crippen LogP contribution in [0.25, 0.3) is 0 Å². The molecule has 0 unspecified atom stereocenters. The predicted molar refractivity (Wildman–Crippen MR) is 69.7 cm³/mol. The lowest BCUT2D eigenvalue weighted by molar-refractivity contribution is -0.139. The standard InChI is InChI=1S/C13H26N2O2/c1-3-5-7-8-9-11-15-13(17)12(16)14-10-6-4-2/h3-11H2,1-2H3,(H,14,16)(H,15,17). The maximum absolute atomic E-state index is 11.3. The van der Waals surface area contributed by atoms with E-state index < -0.39 is 11.8 Å². The van der Waals surface area contributed by atoms with Crippen LogP contribution >= 0.6 is 0 Å². The molecule has 2 N–H and O–H groups in total. The van der Waals surface area contributed by atoms with Crippen LogP contribution in [0.3, 0.4) is 0 Å². The van der Waals surface area contributed by atoms with Gasteiger partial charge in [0.15, 0.2) is 0 Å². The number of rotatable bonds is 9. The predicted octanol–water partition coefficient (Wildman–Crippen LogP) is 1.99. The van der Waals surface area contributed by atoms with Gasteiger partial charge in [-0.3, -0.25) is 9.59 Å². The lowest BCUT2D eigenvalue weighted by Crippen LogP contribution is -2.40. The average Bonchev–Trinajstić information content (AvgIpc) is 2.33. The van der Waals surface area contributed by atoms with E-state index in [0.717, 1.165) is 25.7 Å². The molecule has 0 saturated heterocycles. The first-order valence-electron chi connectivity index (χ1n) is 6.78. The van der Waals surface area contributed by atoms with Crippen molar-refractivity contribution in [2.75, 3.05) is 13.1 Å². The quantitative estimate of drug-likeness (QED) is 0.480. The number of hydrogen-bond donors (Lipinski definition) is 2. The smallest absolute Gasteiger partial charge is 0.309 e. The summed E-state index contributed by atoms with van der Waals surface area (Å²) < 4.78 is 0. The molecule has 0 aromatic carbocycles. The molecule has 0 aliphatic heterocycles. The zero-order valence-corrected chi connectivity index (χ0v) is 11.2. The highest BCUT2D eigenvalue weighted by Gasteiger charge is 2.10. The topological polar surface area (TPSA) is 58.2 Å². The van der Waals surface area contributed by atoms with Gasteiger partial charge in [-0.15, -0.1) is 0 Å². The van der Waals surface area contributed by atoms with E-state index in [-0.39, 0.29) is 0 Å². The summed E-state index contributed by atoms with van der Waals surface area (Å²) in [5.74, 6) is -1.01. The van der Waals surface area contributed by atoms with E-state index >= 15 is 0 Å². The summed E-state index contributed by atoms with van der Waals surface area (Å²) in [5.41, 5.74) is 0. The zero-order valence-electron chi connectivity index (χ0n) is 11.2. The molecule has 0 aliphatic carbocycles. The Morgan fingerprint density at radius 3 is 1.71 bits per heavy atom. The van der Waals surface area contributed by atoms with Crippen molar-refractivity contribution < 1.29 is 9.59 Å². The lowest BCUT2D eigenvalue weighted by Gasteiger charge is -2.05. The van der Waals surface area contributed by atoms with Gasteiger partial charge in [0.1, 0.15) is 0 Å². The maximum Gasteiger partial charge on any atom is 0.309 e. The SMILES string of the molecule is CCCCCCCNC(=O)C(=O)NCCCC. The third kappa shape index (κ3) is 9.85. The Bertz CT molecular complexity index is 217. The van der Waals surface area contributed by atoms with Crippen LogP contribution in [0.2, 0.25) is 0 Å². The third-order valence-electron chi connectivity index (χ3n) is 2.59. The monoisotopic (exact) mass is 242 g/mol. The molecule has 0 atom stereocenters. The maximum atomic E-state index is 11.3. The number of hydrogen-bond acceptors (Lipinski definition) is 2. The van der Waals surface area contributed by atoms with E-state index in [4.69, 9.17) is 0 Å². The summed E-state index contributed by atoms with van der Waals surface area (Å²) in [7, 11) is 0. The largest absolute Gasteiger partial charge is 0.348 e.